The third-order valence-corrected chi connectivity index (χ3v) is 5.68. The van der Waals surface area contributed by atoms with Crippen molar-refractivity contribution < 1.29 is 27.4 Å². The minimum Gasteiger partial charge on any atom is -0.405 e. The number of ether oxygens (including phenoxy) is 2. The Labute approximate surface area is 156 Å². The summed E-state index contributed by atoms with van der Waals surface area (Å²) in [5.74, 6) is -0.917. The van der Waals surface area contributed by atoms with Crippen molar-refractivity contribution in [3.63, 3.8) is 0 Å². The Kier molecular flexibility index (Phi) is 4.80. The van der Waals surface area contributed by atoms with Crippen LogP contribution < -0.4 is 4.74 Å². The van der Waals surface area contributed by atoms with Gasteiger partial charge in [-0.3, -0.25) is 9.69 Å². The highest BCUT2D eigenvalue weighted by Crippen LogP contribution is 2.39. The molecule has 1 aromatic carbocycles. The Bertz CT molecular complexity index is 698. The molecule has 8 heteroatoms. The van der Waals surface area contributed by atoms with Gasteiger partial charge in [-0.1, -0.05) is 18.6 Å². The predicted molar refractivity (Wildman–Crippen MR) is 91.5 cm³/mol. The molecular weight excluding hydrogens is 361 g/mol. The second-order valence-electron chi connectivity index (χ2n) is 7.65. The summed E-state index contributed by atoms with van der Waals surface area (Å²) in [5.41, 5.74) is -0.423. The highest BCUT2D eigenvalue weighted by molar-refractivity contribution is 5.97. The molecular formula is C19H23F3N2O3. The molecule has 1 spiro atoms. The first kappa shape index (κ1) is 18.6. The largest absolute Gasteiger partial charge is 0.573 e. The summed E-state index contributed by atoms with van der Waals surface area (Å²) in [4.78, 5) is 16.7. The number of hydrogen-bond acceptors (Lipinski definition) is 4. The predicted octanol–water partition coefficient (Wildman–Crippen LogP) is 3.05. The van der Waals surface area contributed by atoms with Gasteiger partial charge in [0.2, 0.25) is 0 Å². The minimum atomic E-state index is -4.83. The van der Waals surface area contributed by atoms with Gasteiger partial charge in [-0.2, -0.15) is 0 Å². The number of likely N-dealkylation sites (tertiary alicyclic amines) is 2. The summed E-state index contributed by atoms with van der Waals surface area (Å²) < 4.78 is 47.7. The van der Waals surface area contributed by atoms with E-state index in [1.165, 1.54) is 42.4 Å². The van der Waals surface area contributed by atoms with Crippen molar-refractivity contribution in [3.8, 4) is 5.75 Å². The number of alkyl halides is 3. The van der Waals surface area contributed by atoms with Gasteiger partial charge in [0.25, 0.3) is 5.91 Å². The molecule has 1 amide bonds. The molecule has 3 aliphatic heterocycles. The maximum Gasteiger partial charge on any atom is 0.573 e. The highest BCUT2D eigenvalue weighted by Gasteiger charge is 2.52. The lowest BCUT2D eigenvalue weighted by molar-refractivity contribution is -0.274. The smallest absolute Gasteiger partial charge is 0.405 e. The monoisotopic (exact) mass is 384 g/mol. The fourth-order valence-electron chi connectivity index (χ4n) is 4.38. The molecule has 1 atom stereocenters. The van der Waals surface area contributed by atoms with Crippen molar-refractivity contribution in [1.82, 2.24) is 9.80 Å². The second-order valence-corrected chi connectivity index (χ2v) is 7.65. The fourth-order valence-corrected chi connectivity index (χ4v) is 4.38. The summed E-state index contributed by atoms with van der Waals surface area (Å²) in [6, 6.07) is 5.85. The molecule has 3 aliphatic rings. The molecule has 4 rings (SSSR count). The lowest BCUT2D eigenvalue weighted by atomic mass is 9.88. The number of piperidine rings is 1. The molecule has 0 aromatic heterocycles. The number of hydrogen-bond donors (Lipinski definition) is 0. The topological polar surface area (TPSA) is 42.0 Å². The molecule has 148 valence electrons. The molecule has 1 aromatic rings. The van der Waals surface area contributed by atoms with Gasteiger partial charge < -0.3 is 14.4 Å². The Balaban J connectivity index is 1.38. The summed E-state index contributed by atoms with van der Waals surface area (Å²) in [5, 5.41) is 0. The lowest BCUT2D eigenvalue weighted by Gasteiger charge is -2.47. The van der Waals surface area contributed by atoms with Gasteiger partial charge in [0, 0.05) is 6.04 Å². The summed E-state index contributed by atoms with van der Waals surface area (Å²) in [6.07, 6.45) is -0.259. The van der Waals surface area contributed by atoms with E-state index in [1.807, 2.05) is 0 Å². The van der Waals surface area contributed by atoms with Crippen LogP contribution in [-0.2, 0) is 4.74 Å². The van der Waals surface area contributed by atoms with Gasteiger partial charge in [0.1, 0.15) is 11.4 Å². The van der Waals surface area contributed by atoms with Crippen LogP contribution in [-0.4, -0.2) is 66.5 Å². The number of para-hydroxylation sites is 1. The molecule has 0 saturated carbocycles. The van der Waals surface area contributed by atoms with Crippen LogP contribution in [0.2, 0.25) is 0 Å². The summed E-state index contributed by atoms with van der Waals surface area (Å²) in [6.45, 7) is 3.67. The molecule has 5 nitrogen and oxygen atoms in total. The van der Waals surface area contributed by atoms with Gasteiger partial charge in [-0.05, 0) is 44.5 Å². The number of nitrogens with zero attached hydrogens (tertiary/aromatic N) is 2. The maximum absolute atomic E-state index is 12.7. The second kappa shape index (κ2) is 6.98. The minimum absolute atomic E-state index is 0.0738. The molecule has 1 unspecified atom stereocenters. The standard InChI is InChI=1S/C19H23F3N2O3/c20-19(21,22)27-16-7-3-2-6-15(16)17(25)24-12-18(13-24)10-14(11-26-18)23-8-4-1-5-9-23/h2-3,6-7,14H,1,4-5,8-13H2. The normalized spacial score (nSPS) is 25.4. The first-order valence-electron chi connectivity index (χ1n) is 9.37. The van der Waals surface area contributed by atoms with Gasteiger partial charge in [-0.15, -0.1) is 13.2 Å². The van der Waals surface area contributed by atoms with E-state index in [-0.39, 0.29) is 11.2 Å². The molecule has 3 heterocycles. The number of carbonyl (C=O) groups excluding carboxylic acids is 1. The zero-order chi connectivity index (χ0) is 19.1. The first-order valence-corrected chi connectivity index (χ1v) is 9.37. The maximum atomic E-state index is 12.7. The van der Waals surface area contributed by atoms with Crippen LogP contribution in [0.25, 0.3) is 0 Å². The number of carbonyl (C=O) groups is 1. The number of halogens is 3. The Morgan fingerprint density at radius 1 is 1.15 bits per heavy atom. The fraction of sp³-hybridized carbons (Fsp3) is 0.632. The van der Waals surface area contributed by atoms with E-state index < -0.39 is 18.0 Å². The van der Waals surface area contributed by atoms with Crippen LogP contribution in [0.1, 0.15) is 36.0 Å². The van der Waals surface area contributed by atoms with E-state index in [4.69, 9.17) is 4.74 Å². The lowest BCUT2D eigenvalue weighted by Crippen LogP contribution is -2.63. The third-order valence-electron chi connectivity index (χ3n) is 5.68. The van der Waals surface area contributed by atoms with Crippen molar-refractivity contribution in [3.05, 3.63) is 29.8 Å². The van der Waals surface area contributed by atoms with Crippen LogP contribution in [0.15, 0.2) is 24.3 Å². The molecule has 3 fully saturated rings. The quantitative estimate of drug-likeness (QED) is 0.803. The van der Waals surface area contributed by atoms with Crippen LogP contribution >= 0.6 is 0 Å². The van der Waals surface area contributed by atoms with Crippen molar-refractivity contribution in [2.75, 3.05) is 32.8 Å². The van der Waals surface area contributed by atoms with Gasteiger partial charge in [0.15, 0.2) is 0 Å². The van der Waals surface area contributed by atoms with Crippen LogP contribution in [0.3, 0.4) is 0 Å². The molecule has 3 saturated heterocycles. The number of amides is 1. The van der Waals surface area contributed by atoms with E-state index in [0.29, 0.717) is 25.7 Å². The average molecular weight is 384 g/mol. The number of benzene rings is 1. The van der Waals surface area contributed by atoms with E-state index in [2.05, 4.69) is 9.64 Å². The van der Waals surface area contributed by atoms with Crippen LogP contribution in [0.5, 0.6) is 5.75 Å². The van der Waals surface area contributed by atoms with E-state index in [1.54, 1.807) is 0 Å². The van der Waals surface area contributed by atoms with E-state index in [0.717, 1.165) is 25.6 Å². The Hall–Kier alpha value is -1.80. The van der Waals surface area contributed by atoms with Crippen LogP contribution in [0.4, 0.5) is 13.2 Å². The van der Waals surface area contributed by atoms with Crippen molar-refractivity contribution in [2.45, 2.75) is 43.7 Å². The molecule has 0 bridgehead atoms. The highest BCUT2D eigenvalue weighted by atomic mass is 19.4. The number of rotatable bonds is 3. The summed E-state index contributed by atoms with van der Waals surface area (Å²) in [7, 11) is 0. The van der Waals surface area contributed by atoms with Gasteiger partial charge in [0.05, 0.1) is 25.3 Å². The van der Waals surface area contributed by atoms with E-state index in [9.17, 15) is 18.0 Å². The van der Waals surface area contributed by atoms with Gasteiger partial charge >= 0.3 is 6.36 Å². The zero-order valence-electron chi connectivity index (χ0n) is 15.0. The Morgan fingerprint density at radius 3 is 2.56 bits per heavy atom. The molecule has 0 radical (unpaired) electrons. The van der Waals surface area contributed by atoms with Crippen molar-refractivity contribution in [2.24, 2.45) is 0 Å². The zero-order valence-corrected chi connectivity index (χ0v) is 15.0. The van der Waals surface area contributed by atoms with Gasteiger partial charge in [-0.25, -0.2) is 0 Å². The van der Waals surface area contributed by atoms with E-state index >= 15 is 0 Å². The van der Waals surface area contributed by atoms with Crippen LogP contribution in [0, 0.1) is 0 Å². The third kappa shape index (κ3) is 3.91. The van der Waals surface area contributed by atoms with Crippen molar-refractivity contribution in [1.29, 1.82) is 0 Å². The summed E-state index contributed by atoms with van der Waals surface area (Å²) >= 11 is 0. The first-order chi connectivity index (χ1) is 12.9. The molecule has 27 heavy (non-hydrogen) atoms. The molecule has 0 aliphatic carbocycles. The Morgan fingerprint density at radius 2 is 1.85 bits per heavy atom. The molecule has 0 N–H and O–H groups in total. The van der Waals surface area contributed by atoms with Crippen molar-refractivity contribution >= 4 is 5.91 Å². The SMILES string of the molecule is O=C(c1ccccc1OC(F)(F)F)N1CC2(CC(N3CCCCC3)CO2)C1. The average Bonchev–Trinajstić information content (AvgIpc) is 3.06.